The number of nitrogens with two attached hydrogens (primary N) is 1. The molecule has 33 heavy (non-hydrogen) atoms. The van der Waals surface area contributed by atoms with Crippen LogP contribution in [0.3, 0.4) is 0 Å². The van der Waals surface area contributed by atoms with E-state index in [1.54, 1.807) is 18.3 Å². The van der Waals surface area contributed by atoms with Gasteiger partial charge in [-0.1, -0.05) is 12.1 Å². The molecule has 0 unspecified atom stereocenters. The Morgan fingerprint density at radius 2 is 1.79 bits per heavy atom. The number of piperidine rings is 2. The van der Waals surface area contributed by atoms with Crippen molar-refractivity contribution in [2.75, 3.05) is 38.5 Å². The predicted octanol–water partition coefficient (Wildman–Crippen LogP) is 3.73. The number of carbonyl (C=O) groups is 1. The van der Waals surface area contributed by atoms with Gasteiger partial charge in [-0.15, -0.1) is 0 Å². The van der Waals surface area contributed by atoms with Crippen molar-refractivity contribution in [3.05, 3.63) is 47.8 Å². The van der Waals surface area contributed by atoms with Crippen LogP contribution in [-0.4, -0.2) is 59.1 Å². The van der Waals surface area contributed by atoms with Crippen molar-refractivity contribution in [3.8, 4) is 11.5 Å². The highest BCUT2D eigenvalue weighted by atomic mass is 16.6. The van der Waals surface area contributed by atoms with Crippen LogP contribution in [0.25, 0.3) is 0 Å². The van der Waals surface area contributed by atoms with Gasteiger partial charge in [0.25, 0.3) is 5.91 Å². The van der Waals surface area contributed by atoms with E-state index in [1.165, 1.54) is 18.4 Å². The topological polar surface area (TPSA) is 80.9 Å². The van der Waals surface area contributed by atoms with Gasteiger partial charge in [-0.2, -0.15) is 0 Å². The fourth-order valence-electron chi connectivity index (χ4n) is 5.33. The van der Waals surface area contributed by atoms with Crippen molar-refractivity contribution in [2.45, 2.75) is 51.7 Å². The van der Waals surface area contributed by atoms with Crippen molar-refractivity contribution in [3.63, 3.8) is 0 Å². The predicted molar refractivity (Wildman–Crippen MR) is 127 cm³/mol. The summed E-state index contributed by atoms with van der Waals surface area (Å²) in [5.74, 6) is 1.71. The number of aromatic nitrogens is 1. The number of hydrogen-bond donors (Lipinski definition) is 1. The summed E-state index contributed by atoms with van der Waals surface area (Å²) in [5, 5.41) is 0. The van der Waals surface area contributed by atoms with Crippen LogP contribution in [0.2, 0.25) is 0 Å². The molecule has 7 heteroatoms. The monoisotopic (exact) mass is 450 g/mol. The van der Waals surface area contributed by atoms with Gasteiger partial charge in [0.2, 0.25) is 0 Å². The second kappa shape index (κ2) is 8.52. The summed E-state index contributed by atoms with van der Waals surface area (Å²) >= 11 is 0. The van der Waals surface area contributed by atoms with E-state index in [1.807, 2.05) is 11.0 Å². The zero-order valence-electron chi connectivity index (χ0n) is 19.7. The third-order valence-electron chi connectivity index (χ3n) is 7.48. The minimum Gasteiger partial charge on any atom is -0.486 e. The van der Waals surface area contributed by atoms with Crippen LogP contribution in [0.15, 0.2) is 36.5 Å². The molecular formula is C26H34N4O3. The number of anilines is 1. The first-order valence-electron chi connectivity index (χ1n) is 12.0. The maximum absolute atomic E-state index is 12.9. The van der Waals surface area contributed by atoms with Gasteiger partial charge in [-0.3, -0.25) is 9.69 Å². The molecule has 0 aliphatic carbocycles. The van der Waals surface area contributed by atoms with E-state index in [0.29, 0.717) is 23.4 Å². The molecule has 1 aromatic carbocycles. The largest absolute Gasteiger partial charge is 0.486 e. The van der Waals surface area contributed by atoms with Crippen molar-refractivity contribution in [1.82, 2.24) is 14.8 Å². The maximum Gasteiger partial charge on any atom is 0.274 e. The molecule has 4 heterocycles. The molecule has 2 saturated heterocycles. The number of ether oxygens (including phenoxy) is 2. The molecular weight excluding hydrogens is 416 g/mol. The Labute approximate surface area is 195 Å². The summed E-state index contributed by atoms with van der Waals surface area (Å²) in [6, 6.07) is 9.70. The number of amides is 1. The maximum atomic E-state index is 12.9. The number of hydrogen-bond acceptors (Lipinski definition) is 6. The minimum absolute atomic E-state index is 0.0422. The summed E-state index contributed by atoms with van der Waals surface area (Å²) < 4.78 is 12.2. The van der Waals surface area contributed by atoms with E-state index in [4.69, 9.17) is 15.2 Å². The van der Waals surface area contributed by atoms with E-state index < -0.39 is 0 Å². The molecule has 0 atom stereocenters. The second-order valence-corrected chi connectivity index (χ2v) is 10.4. The highest BCUT2D eigenvalue weighted by Crippen LogP contribution is 2.43. The van der Waals surface area contributed by atoms with Gasteiger partial charge < -0.3 is 20.1 Å². The van der Waals surface area contributed by atoms with E-state index in [-0.39, 0.29) is 11.5 Å². The number of benzene rings is 1. The molecule has 0 radical (unpaired) electrons. The molecule has 3 aliphatic heterocycles. The Morgan fingerprint density at radius 3 is 2.52 bits per heavy atom. The van der Waals surface area contributed by atoms with Crippen molar-refractivity contribution < 1.29 is 14.3 Å². The molecule has 2 aromatic rings. The lowest BCUT2D eigenvalue weighted by Gasteiger charge is -2.47. The van der Waals surface area contributed by atoms with Crippen LogP contribution in [0, 0.1) is 5.41 Å². The van der Waals surface area contributed by atoms with Crippen LogP contribution < -0.4 is 15.2 Å². The summed E-state index contributed by atoms with van der Waals surface area (Å²) in [6.45, 7) is 9.27. The van der Waals surface area contributed by atoms with Crippen molar-refractivity contribution in [1.29, 1.82) is 0 Å². The molecule has 1 spiro atoms. The number of likely N-dealkylation sites (tertiary alicyclic amines) is 2. The normalized spacial score (nSPS) is 21.7. The molecule has 5 rings (SSSR count). The van der Waals surface area contributed by atoms with Crippen LogP contribution in [0.1, 0.15) is 55.6 Å². The molecule has 7 nitrogen and oxygen atoms in total. The number of nitrogen functional groups attached to an aromatic ring is 1. The molecule has 176 valence electrons. The van der Waals surface area contributed by atoms with Crippen LogP contribution >= 0.6 is 0 Å². The lowest BCUT2D eigenvalue weighted by molar-refractivity contribution is 0.0162. The highest BCUT2D eigenvalue weighted by molar-refractivity contribution is 5.97. The van der Waals surface area contributed by atoms with Crippen LogP contribution in [0.4, 0.5) is 5.69 Å². The summed E-state index contributed by atoms with van der Waals surface area (Å²) in [5.41, 5.74) is 8.03. The van der Waals surface area contributed by atoms with Crippen molar-refractivity contribution >= 4 is 11.6 Å². The van der Waals surface area contributed by atoms with Gasteiger partial charge in [0.15, 0.2) is 17.2 Å². The fourth-order valence-corrected chi connectivity index (χ4v) is 5.33. The van der Waals surface area contributed by atoms with Gasteiger partial charge in [0, 0.05) is 31.4 Å². The molecule has 2 fully saturated rings. The third kappa shape index (κ3) is 4.51. The smallest absolute Gasteiger partial charge is 0.274 e. The first kappa shape index (κ1) is 22.0. The highest BCUT2D eigenvalue weighted by Gasteiger charge is 2.39. The average molecular weight is 451 g/mol. The lowest BCUT2D eigenvalue weighted by Crippen LogP contribution is -2.48. The third-order valence-corrected chi connectivity index (χ3v) is 7.48. The van der Waals surface area contributed by atoms with Gasteiger partial charge in [0.05, 0.1) is 5.69 Å². The Bertz CT molecular complexity index is 1020. The Morgan fingerprint density at radius 1 is 1.06 bits per heavy atom. The molecule has 3 aliphatic rings. The lowest BCUT2D eigenvalue weighted by atomic mass is 9.71. The SMILES string of the molecule is CC1(C)COc2cccc(CN3CCC4(CC3)CCN(C(=O)c3ncccc3N)CC4)c2O1. The van der Waals surface area contributed by atoms with Crippen LogP contribution in [0.5, 0.6) is 11.5 Å². The van der Waals surface area contributed by atoms with E-state index in [0.717, 1.165) is 57.1 Å². The zero-order chi connectivity index (χ0) is 23.1. The number of para-hydroxylation sites is 1. The molecule has 2 N–H and O–H groups in total. The standard InChI is InChI=1S/C26H34N4O3/c1-25(2)18-32-21-7-3-5-19(23(21)33-25)17-29-13-8-26(9-14-29)10-15-30(16-11-26)24(31)22-20(27)6-4-12-28-22/h3-7,12H,8-11,13-18,27H2,1-2H3. The Kier molecular flexibility index (Phi) is 5.69. The van der Waals surface area contributed by atoms with Crippen LogP contribution in [-0.2, 0) is 6.54 Å². The van der Waals surface area contributed by atoms with Gasteiger partial charge in [-0.25, -0.2) is 4.98 Å². The quantitative estimate of drug-likeness (QED) is 0.767. The number of fused-ring (bicyclic) bond motifs is 1. The van der Waals surface area contributed by atoms with E-state index >= 15 is 0 Å². The first-order valence-corrected chi connectivity index (χ1v) is 12.0. The van der Waals surface area contributed by atoms with Gasteiger partial charge >= 0.3 is 0 Å². The molecule has 0 bridgehead atoms. The van der Waals surface area contributed by atoms with Crippen molar-refractivity contribution in [2.24, 2.45) is 5.41 Å². The summed E-state index contributed by atoms with van der Waals surface area (Å²) in [7, 11) is 0. The number of pyridine rings is 1. The van der Waals surface area contributed by atoms with E-state index in [2.05, 4.69) is 35.9 Å². The molecule has 1 aromatic heterocycles. The number of rotatable bonds is 3. The first-order chi connectivity index (χ1) is 15.8. The van der Waals surface area contributed by atoms with E-state index in [9.17, 15) is 4.79 Å². The summed E-state index contributed by atoms with van der Waals surface area (Å²) in [6.07, 6.45) is 6.06. The van der Waals surface area contributed by atoms with Gasteiger partial charge in [0.1, 0.15) is 12.2 Å². The average Bonchev–Trinajstić information content (AvgIpc) is 2.81. The second-order valence-electron chi connectivity index (χ2n) is 10.4. The van der Waals surface area contributed by atoms with Gasteiger partial charge in [-0.05, 0) is 76.2 Å². The Hall–Kier alpha value is -2.80. The Balaban J connectivity index is 1.17. The molecule has 0 saturated carbocycles. The zero-order valence-corrected chi connectivity index (χ0v) is 19.7. The number of nitrogens with zero attached hydrogens (tertiary/aromatic N) is 3. The minimum atomic E-state index is -0.305. The molecule has 1 amide bonds. The fraction of sp³-hybridized carbons (Fsp3) is 0.538. The number of carbonyl (C=O) groups excluding carboxylic acids is 1. The summed E-state index contributed by atoms with van der Waals surface area (Å²) in [4.78, 5) is 21.5.